The van der Waals surface area contributed by atoms with Crippen LogP contribution in [0.3, 0.4) is 0 Å². The first kappa shape index (κ1) is 21.1. The van der Waals surface area contributed by atoms with E-state index in [4.69, 9.17) is 4.74 Å². The van der Waals surface area contributed by atoms with E-state index in [1.54, 1.807) is 6.92 Å². The fraction of sp³-hybridized carbons (Fsp3) is 0.650. The summed E-state index contributed by atoms with van der Waals surface area (Å²) in [6.07, 6.45) is 1.45. The zero-order valence-corrected chi connectivity index (χ0v) is 17.6. The standard InChI is InChI=1S/C20H31N3O4S/c1-3-28(25,26)23-10-4-5-18(15-23)20(24)21-16(2)17-6-8-19(9-7-17)22-11-13-27-14-12-22/h6-9,16,18H,3-5,10-15H2,1-2H3,(H,21,24). The van der Waals surface area contributed by atoms with Crippen molar-refractivity contribution in [2.24, 2.45) is 5.92 Å². The number of carbonyl (C=O) groups is 1. The molecule has 0 radical (unpaired) electrons. The second kappa shape index (κ2) is 9.24. The number of benzene rings is 1. The molecule has 1 aromatic rings. The van der Waals surface area contributed by atoms with Crippen molar-refractivity contribution >= 4 is 21.6 Å². The molecule has 7 nitrogen and oxygen atoms in total. The largest absolute Gasteiger partial charge is 0.378 e. The van der Waals surface area contributed by atoms with Gasteiger partial charge in [0.1, 0.15) is 0 Å². The van der Waals surface area contributed by atoms with E-state index in [2.05, 4.69) is 22.3 Å². The number of amides is 1. The second-order valence-corrected chi connectivity index (χ2v) is 9.78. The van der Waals surface area contributed by atoms with Gasteiger partial charge in [-0.15, -0.1) is 0 Å². The minimum atomic E-state index is -3.24. The molecule has 8 heteroatoms. The van der Waals surface area contributed by atoms with Crippen molar-refractivity contribution in [2.45, 2.75) is 32.7 Å². The molecule has 1 aromatic carbocycles. The lowest BCUT2D eigenvalue weighted by Gasteiger charge is -2.31. The van der Waals surface area contributed by atoms with E-state index in [1.807, 2.05) is 19.1 Å². The van der Waals surface area contributed by atoms with Gasteiger partial charge < -0.3 is 15.0 Å². The van der Waals surface area contributed by atoms with E-state index in [1.165, 1.54) is 9.99 Å². The molecule has 2 aliphatic rings. The highest BCUT2D eigenvalue weighted by molar-refractivity contribution is 7.89. The Morgan fingerprint density at radius 1 is 1.21 bits per heavy atom. The lowest BCUT2D eigenvalue weighted by molar-refractivity contribution is -0.126. The maximum absolute atomic E-state index is 12.7. The number of anilines is 1. The van der Waals surface area contributed by atoms with E-state index in [9.17, 15) is 13.2 Å². The summed E-state index contributed by atoms with van der Waals surface area (Å²) < 4.78 is 31.1. The van der Waals surface area contributed by atoms with Gasteiger partial charge in [0, 0.05) is 31.9 Å². The zero-order valence-electron chi connectivity index (χ0n) is 16.8. The van der Waals surface area contributed by atoms with Crippen LogP contribution in [0.1, 0.15) is 38.3 Å². The van der Waals surface area contributed by atoms with Crippen molar-refractivity contribution in [1.29, 1.82) is 0 Å². The fourth-order valence-corrected chi connectivity index (χ4v) is 4.98. The molecule has 2 atom stereocenters. The van der Waals surface area contributed by atoms with E-state index >= 15 is 0 Å². The molecule has 0 saturated carbocycles. The molecule has 3 rings (SSSR count). The molecule has 156 valence electrons. The number of hydrogen-bond donors (Lipinski definition) is 1. The highest BCUT2D eigenvalue weighted by Gasteiger charge is 2.31. The molecule has 2 unspecified atom stereocenters. The number of sulfonamides is 1. The Kier molecular flexibility index (Phi) is 6.95. The summed E-state index contributed by atoms with van der Waals surface area (Å²) in [5.41, 5.74) is 2.21. The molecule has 0 spiro atoms. The average Bonchev–Trinajstić information content (AvgIpc) is 2.74. The minimum Gasteiger partial charge on any atom is -0.378 e. The van der Waals surface area contributed by atoms with Crippen LogP contribution in [-0.4, -0.2) is 63.8 Å². The van der Waals surface area contributed by atoms with Crippen LogP contribution < -0.4 is 10.2 Å². The normalized spacial score (nSPS) is 22.6. The van der Waals surface area contributed by atoms with Gasteiger partial charge in [0.05, 0.1) is 30.9 Å². The molecule has 2 fully saturated rings. The molecule has 28 heavy (non-hydrogen) atoms. The van der Waals surface area contributed by atoms with Gasteiger partial charge in [-0.05, 0) is 44.4 Å². The summed E-state index contributed by atoms with van der Waals surface area (Å²) in [5.74, 6) is -0.279. The number of nitrogens with one attached hydrogen (secondary N) is 1. The first-order valence-corrected chi connectivity index (χ1v) is 11.7. The maximum Gasteiger partial charge on any atom is 0.224 e. The lowest BCUT2D eigenvalue weighted by atomic mass is 9.98. The summed E-state index contributed by atoms with van der Waals surface area (Å²) in [7, 11) is -3.24. The minimum absolute atomic E-state index is 0.0687. The number of nitrogens with zero attached hydrogens (tertiary/aromatic N) is 2. The molecule has 0 aliphatic carbocycles. The topological polar surface area (TPSA) is 79.0 Å². The molecule has 2 aliphatic heterocycles. The Bertz CT molecular complexity index is 760. The van der Waals surface area contributed by atoms with Crippen LogP contribution in [0.4, 0.5) is 5.69 Å². The monoisotopic (exact) mass is 409 g/mol. The Labute approximate surface area is 168 Å². The zero-order chi connectivity index (χ0) is 20.1. The van der Waals surface area contributed by atoms with Gasteiger partial charge in [-0.2, -0.15) is 0 Å². The van der Waals surface area contributed by atoms with Crippen molar-refractivity contribution < 1.29 is 17.9 Å². The Morgan fingerprint density at radius 2 is 1.89 bits per heavy atom. The SMILES string of the molecule is CCS(=O)(=O)N1CCCC(C(=O)NC(C)c2ccc(N3CCOCC3)cc2)C1. The second-order valence-electron chi connectivity index (χ2n) is 7.52. The summed E-state index contributed by atoms with van der Waals surface area (Å²) in [4.78, 5) is 15.0. The molecule has 0 aromatic heterocycles. The van der Waals surface area contributed by atoms with Crippen LogP contribution in [0.15, 0.2) is 24.3 Å². The Balaban J connectivity index is 1.57. The number of piperidine rings is 1. The highest BCUT2D eigenvalue weighted by atomic mass is 32.2. The predicted molar refractivity (Wildman–Crippen MR) is 110 cm³/mol. The number of hydrogen-bond acceptors (Lipinski definition) is 5. The van der Waals surface area contributed by atoms with Crippen LogP contribution in [0.25, 0.3) is 0 Å². The molecule has 1 N–H and O–H groups in total. The predicted octanol–water partition coefficient (Wildman–Crippen LogP) is 1.76. The van der Waals surface area contributed by atoms with Gasteiger partial charge in [-0.3, -0.25) is 4.79 Å². The van der Waals surface area contributed by atoms with Crippen LogP contribution >= 0.6 is 0 Å². The Hall–Kier alpha value is -1.64. The fourth-order valence-electron chi connectivity index (χ4n) is 3.80. The van der Waals surface area contributed by atoms with Gasteiger partial charge in [-0.25, -0.2) is 12.7 Å². The number of carbonyl (C=O) groups excluding carboxylic acids is 1. The molecule has 2 saturated heterocycles. The van der Waals surface area contributed by atoms with Crippen molar-refractivity contribution in [2.75, 3.05) is 50.0 Å². The van der Waals surface area contributed by atoms with E-state index in [0.29, 0.717) is 6.54 Å². The number of ether oxygens (including phenoxy) is 1. The first-order chi connectivity index (χ1) is 13.4. The summed E-state index contributed by atoms with van der Waals surface area (Å²) in [6.45, 7) is 7.69. The van der Waals surface area contributed by atoms with Crippen molar-refractivity contribution in [3.8, 4) is 0 Å². The van der Waals surface area contributed by atoms with Gasteiger partial charge in [0.15, 0.2) is 0 Å². The van der Waals surface area contributed by atoms with Crippen LogP contribution in [0.5, 0.6) is 0 Å². The lowest BCUT2D eigenvalue weighted by Crippen LogP contribution is -2.46. The van der Waals surface area contributed by atoms with Crippen molar-refractivity contribution in [1.82, 2.24) is 9.62 Å². The summed E-state index contributed by atoms with van der Waals surface area (Å²) in [6, 6.07) is 8.14. The number of rotatable bonds is 6. The van der Waals surface area contributed by atoms with Gasteiger partial charge in [0.25, 0.3) is 0 Å². The van der Waals surface area contributed by atoms with Crippen LogP contribution in [0, 0.1) is 5.92 Å². The molecule has 0 bridgehead atoms. The van der Waals surface area contributed by atoms with Gasteiger partial charge in [-0.1, -0.05) is 12.1 Å². The Morgan fingerprint density at radius 3 is 2.54 bits per heavy atom. The summed E-state index contributed by atoms with van der Waals surface area (Å²) in [5, 5.41) is 3.06. The third-order valence-electron chi connectivity index (χ3n) is 5.64. The number of morpholine rings is 1. The van der Waals surface area contributed by atoms with E-state index in [-0.39, 0.29) is 30.2 Å². The summed E-state index contributed by atoms with van der Waals surface area (Å²) >= 11 is 0. The molecular weight excluding hydrogens is 378 g/mol. The van der Waals surface area contributed by atoms with Crippen LogP contribution in [-0.2, 0) is 19.6 Å². The van der Waals surface area contributed by atoms with Crippen molar-refractivity contribution in [3.63, 3.8) is 0 Å². The molecular formula is C20H31N3O4S. The molecule has 2 heterocycles. The quantitative estimate of drug-likeness (QED) is 0.775. The van der Waals surface area contributed by atoms with E-state index < -0.39 is 10.0 Å². The third kappa shape index (κ3) is 5.04. The van der Waals surface area contributed by atoms with E-state index in [0.717, 1.165) is 44.7 Å². The third-order valence-corrected chi connectivity index (χ3v) is 7.49. The van der Waals surface area contributed by atoms with Crippen LogP contribution in [0.2, 0.25) is 0 Å². The maximum atomic E-state index is 12.7. The molecule has 1 amide bonds. The van der Waals surface area contributed by atoms with Gasteiger partial charge in [0.2, 0.25) is 15.9 Å². The first-order valence-electron chi connectivity index (χ1n) is 10.1. The average molecular weight is 410 g/mol. The smallest absolute Gasteiger partial charge is 0.224 e. The van der Waals surface area contributed by atoms with Crippen molar-refractivity contribution in [3.05, 3.63) is 29.8 Å². The van der Waals surface area contributed by atoms with Gasteiger partial charge >= 0.3 is 0 Å². The highest BCUT2D eigenvalue weighted by Crippen LogP contribution is 2.23.